The molecule has 1 saturated heterocycles. The van der Waals surface area contributed by atoms with Crippen molar-refractivity contribution < 1.29 is 34.4 Å². The predicted molar refractivity (Wildman–Crippen MR) is 84.5 cm³/mol. The van der Waals surface area contributed by atoms with E-state index in [9.17, 15) is 24.9 Å². The zero-order valence-corrected chi connectivity index (χ0v) is 14.1. The van der Waals surface area contributed by atoms with Crippen LogP contribution in [0.4, 0.5) is 0 Å². The molecule has 8 heteroatoms. The minimum Gasteiger partial charge on any atom is -0.463 e. The van der Waals surface area contributed by atoms with Gasteiger partial charge in [-0.15, -0.1) is 0 Å². The third kappa shape index (κ3) is 6.72. The van der Waals surface area contributed by atoms with Crippen LogP contribution in [0.25, 0.3) is 0 Å². The minimum absolute atomic E-state index is 0.271. The Bertz CT molecular complexity index is 404. The van der Waals surface area contributed by atoms with Gasteiger partial charge in [0.15, 0.2) is 6.29 Å². The average Bonchev–Trinajstić information content (AvgIpc) is 2.53. The second kappa shape index (κ2) is 10.6. The summed E-state index contributed by atoms with van der Waals surface area (Å²) in [5.74, 6) is -2.14. The average molecular weight is 347 g/mol. The Hall–Kier alpha value is -1.22. The Balaban J connectivity index is 2.35. The molecule has 1 aliphatic heterocycles. The summed E-state index contributed by atoms with van der Waals surface area (Å²) in [7, 11) is 0. The number of rotatable bonds is 10. The quantitative estimate of drug-likeness (QED) is 0.317. The molecule has 5 N–H and O–H groups in total. The van der Waals surface area contributed by atoms with E-state index in [0.717, 1.165) is 32.1 Å². The van der Waals surface area contributed by atoms with Crippen LogP contribution in [0.1, 0.15) is 51.9 Å². The zero-order valence-electron chi connectivity index (χ0n) is 14.1. The van der Waals surface area contributed by atoms with E-state index in [1.165, 1.54) is 0 Å². The van der Waals surface area contributed by atoms with Gasteiger partial charge in [-0.2, -0.15) is 0 Å². The summed E-state index contributed by atoms with van der Waals surface area (Å²) in [6.45, 7) is 1.84. The molecule has 5 atom stereocenters. The van der Waals surface area contributed by atoms with E-state index in [-0.39, 0.29) is 19.4 Å². The lowest BCUT2D eigenvalue weighted by Gasteiger charge is -2.40. The molecule has 0 aromatic carbocycles. The molecule has 1 aliphatic rings. The molecular formula is C16H29NO7. The fraction of sp³-hybridized carbons (Fsp3) is 0.875. The molecule has 0 aromatic rings. The molecule has 1 amide bonds. The van der Waals surface area contributed by atoms with Crippen LogP contribution in [-0.4, -0.2) is 58.4 Å². The Kier molecular flexibility index (Phi) is 9.20. The zero-order chi connectivity index (χ0) is 18.1. The number of aliphatic hydroxyl groups excluding tert-OH is 3. The van der Waals surface area contributed by atoms with Gasteiger partial charge < -0.3 is 30.5 Å². The third-order valence-corrected chi connectivity index (χ3v) is 4.18. The van der Waals surface area contributed by atoms with Crippen LogP contribution in [0, 0.1) is 5.92 Å². The summed E-state index contributed by atoms with van der Waals surface area (Å²) in [5, 5.41) is 29.8. The first kappa shape index (κ1) is 20.8. The standard InChI is InChI=1S/C16H29NO7/c1-2-3-4-5-6-7-13(19)23-9-11-15(21)14(20)10(8-12(17)18)16(22)24-11/h10-11,14-16,20-22H,2-9H2,1H3,(H2,17,18)/t10-,11+,14+,15+,16-/m0/s1. The highest BCUT2D eigenvalue weighted by molar-refractivity contribution is 5.74. The number of aliphatic hydroxyl groups is 3. The van der Waals surface area contributed by atoms with Crippen molar-refractivity contribution in [2.45, 2.75) is 76.5 Å². The SMILES string of the molecule is CCCCCCCC(=O)OC[C@H]1O[C@H](O)[C@@H](CC(N)=O)[C@@H](O)[C@@H]1O. The lowest BCUT2D eigenvalue weighted by molar-refractivity contribution is -0.271. The molecule has 0 unspecified atom stereocenters. The number of carbonyl (C=O) groups excluding carboxylic acids is 2. The molecule has 0 aliphatic carbocycles. The topological polar surface area (TPSA) is 139 Å². The van der Waals surface area contributed by atoms with Crippen LogP contribution in [-0.2, 0) is 19.1 Å². The summed E-state index contributed by atoms with van der Waals surface area (Å²) in [5.41, 5.74) is 5.04. The Morgan fingerprint density at radius 2 is 1.75 bits per heavy atom. The van der Waals surface area contributed by atoms with E-state index < -0.39 is 42.4 Å². The molecular weight excluding hydrogens is 318 g/mol. The van der Waals surface area contributed by atoms with Crippen molar-refractivity contribution in [3.63, 3.8) is 0 Å². The first-order chi connectivity index (χ1) is 11.4. The van der Waals surface area contributed by atoms with Gasteiger partial charge in [0.05, 0.1) is 6.10 Å². The van der Waals surface area contributed by atoms with Crippen molar-refractivity contribution in [1.29, 1.82) is 0 Å². The van der Waals surface area contributed by atoms with Gasteiger partial charge in [0.1, 0.15) is 18.8 Å². The molecule has 24 heavy (non-hydrogen) atoms. The molecule has 0 saturated carbocycles. The largest absolute Gasteiger partial charge is 0.463 e. The Morgan fingerprint density at radius 1 is 1.08 bits per heavy atom. The molecule has 8 nitrogen and oxygen atoms in total. The van der Waals surface area contributed by atoms with Crippen molar-refractivity contribution >= 4 is 11.9 Å². The van der Waals surface area contributed by atoms with E-state index in [0.29, 0.717) is 0 Å². The number of amides is 1. The van der Waals surface area contributed by atoms with Crippen LogP contribution in [0.15, 0.2) is 0 Å². The van der Waals surface area contributed by atoms with Crippen LogP contribution in [0.5, 0.6) is 0 Å². The maximum atomic E-state index is 11.7. The van der Waals surface area contributed by atoms with Gasteiger partial charge in [-0.3, -0.25) is 9.59 Å². The van der Waals surface area contributed by atoms with Gasteiger partial charge >= 0.3 is 5.97 Å². The highest BCUT2D eigenvalue weighted by atomic mass is 16.6. The van der Waals surface area contributed by atoms with Crippen molar-refractivity contribution in [2.75, 3.05) is 6.61 Å². The molecule has 1 fully saturated rings. The molecule has 140 valence electrons. The van der Waals surface area contributed by atoms with Crippen molar-refractivity contribution in [3.05, 3.63) is 0 Å². The van der Waals surface area contributed by atoms with Crippen LogP contribution in [0.2, 0.25) is 0 Å². The molecule has 0 aromatic heterocycles. The van der Waals surface area contributed by atoms with E-state index in [1.807, 2.05) is 0 Å². The smallest absolute Gasteiger partial charge is 0.305 e. The lowest BCUT2D eigenvalue weighted by atomic mass is 9.88. The van der Waals surface area contributed by atoms with Crippen LogP contribution < -0.4 is 5.73 Å². The van der Waals surface area contributed by atoms with Crippen LogP contribution >= 0.6 is 0 Å². The monoisotopic (exact) mass is 347 g/mol. The number of hydrogen-bond donors (Lipinski definition) is 4. The van der Waals surface area contributed by atoms with Crippen molar-refractivity contribution in [3.8, 4) is 0 Å². The molecule has 0 bridgehead atoms. The number of esters is 1. The molecule has 1 heterocycles. The number of hydrogen-bond acceptors (Lipinski definition) is 7. The number of ether oxygens (including phenoxy) is 2. The van der Waals surface area contributed by atoms with Gasteiger partial charge in [-0.05, 0) is 6.42 Å². The van der Waals surface area contributed by atoms with Gasteiger partial charge in [-0.1, -0.05) is 32.6 Å². The second-order valence-corrected chi connectivity index (χ2v) is 6.23. The number of unbranched alkanes of at least 4 members (excludes halogenated alkanes) is 4. The van der Waals surface area contributed by atoms with Gasteiger partial charge in [0.25, 0.3) is 0 Å². The highest BCUT2D eigenvalue weighted by Gasteiger charge is 2.44. The minimum atomic E-state index is -1.46. The fourth-order valence-corrected chi connectivity index (χ4v) is 2.71. The summed E-state index contributed by atoms with van der Waals surface area (Å²) in [6, 6.07) is 0. The Labute approximate surface area is 141 Å². The second-order valence-electron chi connectivity index (χ2n) is 6.23. The lowest BCUT2D eigenvalue weighted by Crippen LogP contribution is -2.56. The van der Waals surface area contributed by atoms with Gasteiger partial charge in [-0.25, -0.2) is 0 Å². The number of primary amides is 1. The van der Waals surface area contributed by atoms with Crippen LogP contribution in [0.3, 0.4) is 0 Å². The van der Waals surface area contributed by atoms with E-state index >= 15 is 0 Å². The summed E-state index contributed by atoms with van der Waals surface area (Å²) in [4.78, 5) is 22.6. The molecule has 0 radical (unpaired) electrons. The third-order valence-electron chi connectivity index (χ3n) is 4.18. The number of nitrogens with two attached hydrogens (primary N) is 1. The first-order valence-electron chi connectivity index (χ1n) is 8.50. The van der Waals surface area contributed by atoms with Crippen molar-refractivity contribution in [1.82, 2.24) is 0 Å². The summed E-state index contributed by atoms with van der Waals surface area (Å²) < 4.78 is 10.2. The van der Waals surface area contributed by atoms with E-state index in [1.54, 1.807) is 0 Å². The Morgan fingerprint density at radius 3 is 2.38 bits per heavy atom. The predicted octanol–water partition coefficient (Wildman–Crippen LogP) is -0.179. The van der Waals surface area contributed by atoms with Crippen molar-refractivity contribution in [2.24, 2.45) is 11.7 Å². The summed E-state index contributed by atoms with van der Waals surface area (Å²) >= 11 is 0. The highest BCUT2D eigenvalue weighted by Crippen LogP contribution is 2.27. The van der Waals surface area contributed by atoms with E-state index in [4.69, 9.17) is 15.2 Å². The van der Waals surface area contributed by atoms with Gasteiger partial charge in [0.2, 0.25) is 5.91 Å². The maximum Gasteiger partial charge on any atom is 0.305 e. The first-order valence-corrected chi connectivity index (χ1v) is 8.50. The van der Waals surface area contributed by atoms with Gasteiger partial charge in [0, 0.05) is 18.8 Å². The normalized spacial score (nSPS) is 30.1. The number of carbonyl (C=O) groups is 2. The molecule has 0 spiro atoms. The fourth-order valence-electron chi connectivity index (χ4n) is 2.71. The maximum absolute atomic E-state index is 11.7. The van der Waals surface area contributed by atoms with E-state index in [2.05, 4.69) is 6.92 Å². The molecule has 1 rings (SSSR count). The summed E-state index contributed by atoms with van der Waals surface area (Å²) in [6.07, 6.45) is -0.288.